The van der Waals surface area contributed by atoms with Crippen molar-refractivity contribution < 1.29 is 4.74 Å². The zero-order valence-electron chi connectivity index (χ0n) is 13.0. The highest BCUT2D eigenvalue weighted by molar-refractivity contribution is 7.10. The SMILES string of the molecule is CC(C)Oc1ccc2c(c1)C1C=CCC1C(c1cccs1)N2. The Balaban J connectivity index is 1.72. The molecular formula is C19H21NOS. The average molecular weight is 311 g/mol. The molecule has 22 heavy (non-hydrogen) atoms. The van der Waals surface area contributed by atoms with Gasteiger partial charge in [0.15, 0.2) is 0 Å². The van der Waals surface area contributed by atoms with E-state index in [4.69, 9.17) is 4.74 Å². The lowest BCUT2D eigenvalue weighted by Gasteiger charge is -2.37. The number of allylic oxidation sites excluding steroid dienone is 2. The average Bonchev–Trinajstić information content (AvgIpc) is 3.17. The minimum absolute atomic E-state index is 0.211. The van der Waals surface area contributed by atoms with Gasteiger partial charge in [0.25, 0.3) is 0 Å². The first kappa shape index (κ1) is 13.9. The minimum Gasteiger partial charge on any atom is -0.491 e. The van der Waals surface area contributed by atoms with Crippen molar-refractivity contribution in [3.8, 4) is 5.75 Å². The Kier molecular flexibility index (Phi) is 3.45. The van der Waals surface area contributed by atoms with Crippen LogP contribution in [0.25, 0.3) is 0 Å². The number of anilines is 1. The number of thiophene rings is 1. The predicted octanol–water partition coefficient (Wildman–Crippen LogP) is 5.36. The predicted molar refractivity (Wildman–Crippen MR) is 92.9 cm³/mol. The van der Waals surface area contributed by atoms with Gasteiger partial charge in [0, 0.05) is 16.5 Å². The zero-order chi connectivity index (χ0) is 15.1. The maximum absolute atomic E-state index is 5.88. The van der Waals surface area contributed by atoms with Crippen LogP contribution >= 0.6 is 11.3 Å². The molecule has 3 unspecified atom stereocenters. The van der Waals surface area contributed by atoms with E-state index in [1.165, 1.54) is 16.1 Å². The smallest absolute Gasteiger partial charge is 0.120 e. The number of fused-ring (bicyclic) bond motifs is 3. The second kappa shape index (κ2) is 5.47. The molecule has 0 spiro atoms. The summed E-state index contributed by atoms with van der Waals surface area (Å²) in [6, 6.07) is 11.3. The molecule has 2 aromatic rings. The van der Waals surface area contributed by atoms with Gasteiger partial charge in [0.05, 0.1) is 12.1 Å². The largest absolute Gasteiger partial charge is 0.491 e. The molecule has 2 heterocycles. The van der Waals surface area contributed by atoms with Gasteiger partial charge in [-0.05, 0) is 61.4 Å². The van der Waals surface area contributed by atoms with Crippen LogP contribution in [0.5, 0.6) is 5.75 Å². The Hall–Kier alpha value is -1.74. The third-order valence-electron chi connectivity index (χ3n) is 4.56. The van der Waals surface area contributed by atoms with Gasteiger partial charge in [-0.3, -0.25) is 0 Å². The monoisotopic (exact) mass is 311 g/mol. The summed E-state index contributed by atoms with van der Waals surface area (Å²) < 4.78 is 5.88. The van der Waals surface area contributed by atoms with Crippen molar-refractivity contribution in [1.82, 2.24) is 0 Å². The normalized spacial score (nSPS) is 25.7. The highest BCUT2D eigenvalue weighted by Gasteiger charge is 2.38. The molecule has 1 aromatic heterocycles. The lowest BCUT2D eigenvalue weighted by molar-refractivity contribution is 0.242. The van der Waals surface area contributed by atoms with Crippen LogP contribution in [0.4, 0.5) is 5.69 Å². The van der Waals surface area contributed by atoms with E-state index in [9.17, 15) is 0 Å². The van der Waals surface area contributed by atoms with E-state index in [-0.39, 0.29) is 6.10 Å². The van der Waals surface area contributed by atoms with Gasteiger partial charge in [-0.15, -0.1) is 11.3 Å². The number of hydrogen-bond donors (Lipinski definition) is 1. The number of ether oxygens (including phenoxy) is 1. The summed E-state index contributed by atoms with van der Waals surface area (Å²) in [6.07, 6.45) is 6.07. The maximum Gasteiger partial charge on any atom is 0.120 e. The van der Waals surface area contributed by atoms with Crippen LogP contribution in [0.2, 0.25) is 0 Å². The number of benzene rings is 1. The molecule has 0 saturated carbocycles. The Morgan fingerprint density at radius 3 is 2.95 bits per heavy atom. The maximum atomic E-state index is 5.88. The molecule has 3 atom stereocenters. The van der Waals surface area contributed by atoms with Crippen LogP contribution in [0, 0.1) is 5.92 Å². The number of hydrogen-bond acceptors (Lipinski definition) is 3. The van der Waals surface area contributed by atoms with E-state index in [0.717, 1.165) is 12.2 Å². The summed E-state index contributed by atoms with van der Waals surface area (Å²) in [4.78, 5) is 1.44. The van der Waals surface area contributed by atoms with Crippen molar-refractivity contribution in [2.45, 2.75) is 38.3 Å². The third-order valence-corrected chi connectivity index (χ3v) is 5.51. The molecule has 114 valence electrons. The minimum atomic E-state index is 0.211. The van der Waals surface area contributed by atoms with Crippen molar-refractivity contribution in [3.63, 3.8) is 0 Å². The summed E-state index contributed by atoms with van der Waals surface area (Å²) in [6.45, 7) is 4.14. The molecule has 0 saturated heterocycles. The van der Waals surface area contributed by atoms with Gasteiger partial charge in [0.1, 0.15) is 5.75 Å². The van der Waals surface area contributed by atoms with Crippen molar-refractivity contribution in [1.29, 1.82) is 0 Å². The van der Waals surface area contributed by atoms with Crippen LogP contribution in [0.3, 0.4) is 0 Å². The van der Waals surface area contributed by atoms with Crippen molar-refractivity contribution >= 4 is 17.0 Å². The molecule has 2 aliphatic rings. The lowest BCUT2D eigenvalue weighted by atomic mass is 9.79. The molecule has 0 radical (unpaired) electrons. The Morgan fingerprint density at radius 1 is 1.27 bits per heavy atom. The molecular weight excluding hydrogens is 290 g/mol. The molecule has 1 aromatic carbocycles. The van der Waals surface area contributed by atoms with E-state index < -0.39 is 0 Å². The summed E-state index contributed by atoms with van der Waals surface area (Å²) in [5.41, 5.74) is 2.63. The van der Waals surface area contributed by atoms with Gasteiger partial charge in [-0.25, -0.2) is 0 Å². The van der Waals surface area contributed by atoms with Crippen LogP contribution in [-0.2, 0) is 0 Å². The second-order valence-corrected chi connectivity index (χ2v) is 7.39. The van der Waals surface area contributed by atoms with E-state index in [2.05, 4.69) is 67.0 Å². The fourth-order valence-corrected chi connectivity index (χ4v) is 4.52. The van der Waals surface area contributed by atoms with Gasteiger partial charge in [-0.1, -0.05) is 18.2 Å². The zero-order valence-corrected chi connectivity index (χ0v) is 13.8. The van der Waals surface area contributed by atoms with Gasteiger partial charge in [-0.2, -0.15) is 0 Å². The first-order valence-corrected chi connectivity index (χ1v) is 8.87. The molecule has 1 N–H and O–H groups in total. The highest BCUT2D eigenvalue weighted by Crippen LogP contribution is 2.51. The van der Waals surface area contributed by atoms with Crippen LogP contribution in [0.1, 0.15) is 42.7 Å². The van der Waals surface area contributed by atoms with E-state index in [0.29, 0.717) is 17.9 Å². The molecule has 0 fully saturated rings. The fraction of sp³-hybridized carbons (Fsp3) is 0.368. The standard InChI is InChI=1S/C19H21NOS/c1-12(2)21-13-8-9-17-16(11-13)14-5-3-6-15(14)19(20-17)18-7-4-10-22-18/h3-5,7-12,14-15,19-20H,6H2,1-2H3. The van der Waals surface area contributed by atoms with Crippen LogP contribution in [0.15, 0.2) is 47.9 Å². The topological polar surface area (TPSA) is 21.3 Å². The highest BCUT2D eigenvalue weighted by atomic mass is 32.1. The Labute approximate surface area is 135 Å². The van der Waals surface area contributed by atoms with Crippen LogP contribution < -0.4 is 10.1 Å². The number of nitrogens with one attached hydrogen (secondary N) is 1. The first-order valence-electron chi connectivity index (χ1n) is 7.99. The van der Waals surface area contributed by atoms with E-state index in [1.54, 1.807) is 0 Å². The molecule has 0 bridgehead atoms. The summed E-state index contributed by atoms with van der Waals surface area (Å²) >= 11 is 1.85. The van der Waals surface area contributed by atoms with E-state index in [1.807, 2.05) is 11.3 Å². The molecule has 4 rings (SSSR count). The third kappa shape index (κ3) is 2.34. The lowest BCUT2D eigenvalue weighted by Crippen LogP contribution is -2.28. The van der Waals surface area contributed by atoms with Crippen molar-refractivity contribution in [2.24, 2.45) is 5.92 Å². The molecule has 3 heteroatoms. The Bertz CT molecular complexity index is 689. The first-order chi connectivity index (χ1) is 10.7. The van der Waals surface area contributed by atoms with Crippen molar-refractivity contribution in [3.05, 3.63) is 58.3 Å². The summed E-state index contributed by atoms with van der Waals surface area (Å²) in [5, 5.41) is 5.94. The van der Waals surface area contributed by atoms with Gasteiger partial charge < -0.3 is 10.1 Å². The molecule has 2 nitrogen and oxygen atoms in total. The van der Waals surface area contributed by atoms with Crippen LogP contribution in [-0.4, -0.2) is 6.10 Å². The fourth-order valence-electron chi connectivity index (χ4n) is 3.67. The summed E-state index contributed by atoms with van der Waals surface area (Å²) in [7, 11) is 0. The molecule has 0 amide bonds. The van der Waals surface area contributed by atoms with Gasteiger partial charge in [0.2, 0.25) is 0 Å². The van der Waals surface area contributed by atoms with Gasteiger partial charge >= 0.3 is 0 Å². The number of rotatable bonds is 3. The van der Waals surface area contributed by atoms with E-state index >= 15 is 0 Å². The molecule has 1 aliphatic carbocycles. The van der Waals surface area contributed by atoms with Crippen molar-refractivity contribution in [2.75, 3.05) is 5.32 Å². The molecule has 1 aliphatic heterocycles. The Morgan fingerprint density at radius 2 is 2.18 bits per heavy atom. The summed E-state index contributed by atoms with van der Waals surface area (Å²) in [5.74, 6) is 2.09. The second-order valence-electron chi connectivity index (χ2n) is 6.41. The quantitative estimate of drug-likeness (QED) is 0.770.